The van der Waals surface area contributed by atoms with Gasteiger partial charge in [0, 0.05) is 24.7 Å². The smallest absolute Gasteiger partial charge is 0.416 e. The van der Waals surface area contributed by atoms with Gasteiger partial charge in [0.15, 0.2) is 12.1 Å². The van der Waals surface area contributed by atoms with Gasteiger partial charge in [0.25, 0.3) is 0 Å². The van der Waals surface area contributed by atoms with Gasteiger partial charge in [-0.05, 0) is 38.1 Å². The van der Waals surface area contributed by atoms with Crippen molar-refractivity contribution in [2.24, 2.45) is 0 Å². The Labute approximate surface area is 143 Å². The summed E-state index contributed by atoms with van der Waals surface area (Å²) >= 11 is 0. The fraction of sp³-hybridized carbons (Fsp3) is 0.375. The van der Waals surface area contributed by atoms with Crippen LogP contribution in [0.4, 0.5) is 10.5 Å². The van der Waals surface area contributed by atoms with Crippen molar-refractivity contribution in [2.45, 2.75) is 39.6 Å². The number of anilines is 1. The first-order chi connectivity index (χ1) is 11.9. The molecule has 1 unspecified atom stereocenters. The molecule has 0 spiro atoms. The number of nitrogens with zero attached hydrogens (tertiary/aromatic N) is 3. The molecular weight excluding hydrogens is 326 g/mol. The number of aryl methyl sites for hydroxylation is 1. The van der Waals surface area contributed by atoms with Crippen molar-refractivity contribution in [1.82, 2.24) is 20.1 Å². The lowest BCUT2D eigenvalue weighted by Crippen LogP contribution is -2.43. The van der Waals surface area contributed by atoms with Crippen LogP contribution in [0.3, 0.4) is 0 Å². The maximum Gasteiger partial charge on any atom is 0.416 e. The molecular formula is C16H19N5O4. The summed E-state index contributed by atoms with van der Waals surface area (Å²) in [4.78, 5) is 39.1. The Morgan fingerprint density at radius 2 is 2.00 bits per heavy atom. The minimum atomic E-state index is -0.693. The number of hydrogen-bond donors (Lipinski definition) is 2. The quantitative estimate of drug-likeness (QED) is 0.861. The van der Waals surface area contributed by atoms with Crippen LogP contribution in [0.15, 0.2) is 29.1 Å². The highest BCUT2D eigenvalue weighted by atomic mass is 16.6. The van der Waals surface area contributed by atoms with Crippen LogP contribution in [-0.2, 0) is 16.1 Å². The number of H-pyrrole nitrogens is 1. The van der Waals surface area contributed by atoms with Crippen molar-refractivity contribution in [3.63, 3.8) is 0 Å². The number of rotatable bonds is 4. The van der Waals surface area contributed by atoms with E-state index in [9.17, 15) is 14.4 Å². The second-order valence-corrected chi connectivity index (χ2v) is 5.76. The number of aromatic amines is 1. The largest absolute Gasteiger partial charge is 0.423 e. The van der Waals surface area contributed by atoms with E-state index >= 15 is 0 Å². The summed E-state index contributed by atoms with van der Waals surface area (Å²) in [6, 6.07) is 6.67. The first-order valence-corrected chi connectivity index (χ1v) is 7.95. The summed E-state index contributed by atoms with van der Waals surface area (Å²) in [7, 11) is 0. The van der Waals surface area contributed by atoms with Crippen molar-refractivity contribution < 1.29 is 14.3 Å². The minimum absolute atomic E-state index is 0.266. The van der Waals surface area contributed by atoms with Gasteiger partial charge in [-0.3, -0.25) is 14.7 Å². The van der Waals surface area contributed by atoms with E-state index in [-0.39, 0.29) is 17.6 Å². The lowest BCUT2D eigenvalue weighted by molar-refractivity contribution is -0.121. The van der Waals surface area contributed by atoms with E-state index in [0.717, 1.165) is 5.56 Å². The van der Waals surface area contributed by atoms with Gasteiger partial charge >= 0.3 is 11.8 Å². The molecule has 1 aliphatic heterocycles. The zero-order chi connectivity index (χ0) is 18.1. The zero-order valence-corrected chi connectivity index (χ0v) is 14.1. The number of amides is 2. The molecule has 0 aliphatic carbocycles. The molecule has 1 fully saturated rings. The average molecular weight is 345 g/mol. The molecule has 1 aromatic heterocycles. The third-order valence-corrected chi connectivity index (χ3v) is 4.01. The number of nitrogens with one attached hydrogen (secondary N) is 2. The van der Waals surface area contributed by atoms with Gasteiger partial charge in [0.2, 0.25) is 5.91 Å². The van der Waals surface area contributed by atoms with E-state index in [1.165, 1.54) is 16.5 Å². The summed E-state index contributed by atoms with van der Waals surface area (Å²) in [5.74, 6) is 0.198. The number of cyclic esters (lactones) is 1. The van der Waals surface area contributed by atoms with E-state index in [1.807, 2.05) is 6.92 Å². The highest BCUT2D eigenvalue weighted by molar-refractivity contribution is 5.91. The van der Waals surface area contributed by atoms with Gasteiger partial charge < -0.3 is 10.1 Å². The van der Waals surface area contributed by atoms with E-state index in [2.05, 4.69) is 15.4 Å². The van der Waals surface area contributed by atoms with E-state index in [1.54, 1.807) is 31.2 Å². The second kappa shape index (κ2) is 6.42. The fourth-order valence-corrected chi connectivity index (χ4v) is 2.74. The number of benzene rings is 1. The third-order valence-electron chi connectivity index (χ3n) is 4.01. The molecule has 132 valence electrons. The molecule has 0 bridgehead atoms. The highest BCUT2D eigenvalue weighted by Crippen LogP contribution is 2.27. The molecule has 1 saturated heterocycles. The maximum absolute atomic E-state index is 12.1. The van der Waals surface area contributed by atoms with E-state index in [4.69, 9.17) is 4.74 Å². The van der Waals surface area contributed by atoms with Crippen LogP contribution in [0.1, 0.15) is 20.8 Å². The summed E-state index contributed by atoms with van der Waals surface area (Å²) in [5, 5.41) is 6.79. The van der Waals surface area contributed by atoms with Gasteiger partial charge in [-0.15, -0.1) is 5.10 Å². The Hall–Kier alpha value is -3.10. The van der Waals surface area contributed by atoms with Crippen LogP contribution in [0.25, 0.3) is 11.4 Å². The number of hydrogen-bond acceptors (Lipinski definition) is 5. The van der Waals surface area contributed by atoms with Crippen LogP contribution in [0.5, 0.6) is 0 Å². The number of carbonyl (C=O) groups is 2. The Bertz CT molecular complexity index is 854. The van der Waals surface area contributed by atoms with Crippen molar-refractivity contribution in [3.05, 3.63) is 34.7 Å². The van der Waals surface area contributed by atoms with Crippen LogP contribution < -0.4 is 15.9 Å². The molecule has 25 heavy (non-hydrogen) atoms. The van der Waals surface area contributed by atoms with Gasteiger partial charge in [0.05, 0.1) is 6.04 Å². The fourth-order valence-electron chi connectivity index (χ4n) is 2.74. The minimum Gasteiger partial charge on any atom is -0.423 e. The third kappa shape index (κ3) is 3.12. The molecule has 0 saturated carbocycles. The monoisotopic (exact) mass is 345 g/mol. The van der Waals surface area contributed by atoms with Crippen LogP contribution >= 0.6 is 0 Å². The molecule has 0 radical (unpaired) electrons. The Kier molecular flexibility index (Phi) is 4.30. The summed E-state index contributed by atoms with van der Waals surface area (Å²) in [6.07, 6.45) is -1.22. The first kappa shape index (κ1) is 16.7. The molecule has 9 heteroatoms. The molecule has 2 atom stereocenters. The lowest BCUT2D eigenvalue weighted by Gasteiger charge is -2.21. The van der Waals surface area contributed by atoms with Crippen LogP contribution in [-0.4, -0.2) is 39.0 Å². The Morgan fingerprint density at radius 1 is 1.32 bits per heavy atom. The standard InChI is InChI=1S/C16H19N5O4/c1-4-20-15(23)18-13(19-20)11-5-7-12(8-6-11)21-9(2)14(17-10(3)22)25-16(21)24/h5-9,14H,4H2,1-3H3,(H,17,22)(H,18,19,23)/t9?,14-/m0/s1. The molecule has 2 heterocycles. The Balaban J connectivity index is 1.83. The predicted molar refractivity (Wildman–Crippen MR) is 90.0 cm³/mol. The normalized spacial score (nSPS) is 19.8. The Morgan fingerprint density at radius 3 is 2.56 bits per heavy atom. The van der Waals surface area contributed by atoms with Gasteiger partial charge in [-0.1, -0.05) is 0 Å². The van der Waals surface area contributed by atoms with Gasteiger partial charge in [0.1, 0.15) is 0 Å². The maximum atomic E-state index is 12.1. The van der Waals surface area contributed by atoms with Crippen molar-refractivity contribution in [2.75, 3.05) is 4.90 Å². The van der Waals surface area contributed by atoms with Crippen molar-refractivity contribution in [1.29, 1.82) is 0 Å². The summed E-state index contributed by atoms with van der Waals surface area (Å²) in [6.45, 7) is 5.48. The van der Waals surface area contributed by atoms with E-state index < -0.39 is 12.3 Å². The molecule has 3 rings (SSSR count). The number of aromatic nitrogens is 3. The van der Waals surface area contributed by atoms with Crippen LogP contribution in [0.2, 0.25) is 0 Å². The highest BCUT2D eigenvalue weighted by Gasteiger charge is 2.40. The first-order valence-electron chi connectivity index (χ1n) is 7.95. The lowest BCUT2D eigenvalue weighted by atomic mass is 10.1. The topological polar surface area (TPSA) is 109 Å². The van der Waals surface area contributed by atoms with Crippen LogP contribution in [0, 0.1) is 0 Å². The average Bonchev–Trinajstić information content (AvgIpc) is 3.07. The van der Waals surface area contributed by atoms with E-state index in [0.29, 0.717) is 18.1 Å². The molecule has 1 aliphatic rings. The molecule has 9 nitrogen and oxygen atoms in total. The number of carbonyl (C=O) groups excluding carboxylic acids is 2. The van der Waals surface area contributed by atoms with Gasteiger partial charge in [-0.2, -0.15) is 0 Å². The molecule has 2 aromatic rings. The molecule has 1 aromatic carbocycles. The second-order valence-electron chi connectivity index (χ2n) is 5.76. The SMILES string of the molecule is CCn1nc(-c2ccc(N3C(=O)O[C@H](NC(C)=O)C3C)cc2)[nH]c1=O. The zero-order valence-electron chi connectivity index (χ0n) is 14.1. The molecule has 2 amide bonds. The van der Waals surface area contributed by atoms with Crippen molar-refractivity contribution in [3.8, 4) is 11.4 Å². The summed E-state index contributed by atoms with van der Waals surface area (Å²) < 4.78 is 6.53. The van der Waals surface area contributed by atoms with Gasteiger partial charge in [-0.25, -0.2) is 14.3 Å². The van der Waals surface area contributed by atoms with Crippen molar-refractivity contribution >= 4 is 17.7 Å². The predicted octanol–water partition coefficient (Wildman–Crippen LogP) is 1.07. The summed E-state index contributed by atoms with van der Waals surface area (Å²) in [5.41, 5.74) is 1.09. The number of ether oxygens (including phenoxy) is 1. The molecule has 2 N–H and O–H groups in total.